The lowest BCUT2D eigenvalue weighted by atomic mass is 10.1. The van der Waals surface area contributed by atoms with Crippen molar-refractivity contribution in [3.63, 3.8) is 0 Å². The zero-order valence-corrected chi connectivity index (χ0v) is 14.8. The van der Waals surface area contributed by atoms with Gasteiger partial charge in [-0.05, 0) is 44.4 Å². The Balaban J connectivity index is 2.06. The van der Waals surface area contributed by atoms with Crippen LogP contribution in [-0.2, 0) is 0 Å². The number of methoxy groups -OCH3 is 1. The van der Waals surface area contributed by atoms with Gasteiger partial charge in [-0.1, -0.05) is 28.1 Å². The zero-order chi connectivity index (χ0) is 13.4. The van der Waals surface area contributed by atoms with Crippen molar-refractivity contribution in [1.29, 1.82) is 0 Å². The third kappa shape index (κ3) is 2.49. The number of hydrogen-bond donors (Lipinski definition) is 0. The fraction of sp³-hybridized carbons (Fsp3) is 0.143. The van der Waals surface area contributed by atoms with Crippen LogP contribution in [0, 0.1) is 0 Å². The molecule has 2 heterocycles. The van der Waals surface area contributed by atoms with Crippen LogP contribution < -0.4 is 4.74 Å². The minimum absolute atomic E-state index is 0.212. The first-order valence-electron chi connectivity index (χ1n) is 5.63. The molecule has 3 rings (SSSR count). The lowest BCUT2D eigenvalue weighted by molar-refractivity contribution is 0.416. The molecule has 1 unspecified atom stereocenters. The molecule has 0 fully saturated rings. The highest BCUT2D eigenvalue weighted by atomic mass is 79.9. The summed E-state index contributed by atoms with van der Waals surface area (Å²) >= 11 is 10.9. The minimum atomic E-state index is 0.212. The first-order valence-corrected chi connectivity index (χ1v) is 9.09. The summed E-state index contributed by atoms with van der Waals surface area (Å²) < 4.78 is 7.71. The molecule has 19 heavy (non-hydrogen) atoms. The summed E-state index contributed by atoms with van der Waals surface area (Å²) in [5, 5.41) is 5.56. The third-order valence-electron chi connectivity index (χ3n) is 2.94. The van der Waals surface area contributed by atoms with Crippen molar-refractivity contribution in [3.8, 4) is 5.75 Å². The maximum Gasteiger partial charge on any atom is 0.129 e. The first kappa shape index (κ1) is 13.6. The van der Waals surface area contributed by atoms with Gasteiger partial charge in [0.1, 0.15) is 5.75 Å². The van der Waals surface area contributed by atoms with Gasteiger partial charge in [0.15, 0.2) is 0 Å². The van der Waals surface area contributed by atoms with Crippen LogP contribution in [-0.4, -0.2) is 7.11 Å². The van der Waals surface area contributed by atoms with E-state index in [1.54, 1.807) is 29.8 Å². The monoisotopic (exact) mass is 416 g/mol. The average Bonchev–Trinajstić information content (AvgIpc) is 3.05. The van der Waals surface area contributed by atoms with Crippen molar-refractivity contribution in [2.45, 2.75) is 4.83 Å². The summed E-state index contributed by atoms with van der Waals surface area (Å²) in [5.41, 5.74) is 1.31. The third-order valence-corrected chi connectivity index (χ3v) is 7.17. The predicted molar refractivity (Wildman–Crippen MR) is 91.2 cm³/mol. The minimum Gasteiger partial charge on any atom is -0.496 e. The largest absolute Gasteiger partial charge is 0.496 e. The van der Waals surface area contributed by atoms with Gasteiger partial charge in [0.2, 0.25) is 0 Å². The molecule has 0 aliphatic rings. The van der Waals surface area contributed by atoms with Gasteiger partial charge in [-0.3, -0.25) is 0 Å². The van der Waals surface area contributed by atoms with Crippen LogP contribution >= 0.6 is 54.5 Å². The number of fused-ring (bicyclic) bond motifs is 1. The molecule has 3 aromatic rings. The lowest BCUT2D eigenvalue weighted by Crippen LogP contribution is -1.87. The molecule has 0 spiro atoms. The predicted octanol–water partition coefficient (Wildman–Crippen LogP) is 6.22. The Bertz CT molecular complexity index is 717. The first-order chi connectivity index (χ1) is 9.20. The van der Waals surface area contributed by atoms with Gasteiger partial charge in [-0.15, -0.1) is 22.7 Å². The van der Waals surface area contributed by atoms with E-state index in [1.165, 1.54) is 20.5 Å². The second-order valence-corrected chi connectivity index (χ2v) is 7.65. The molecular formula is C14H10Br2OS2. The van der Waals surface area contributed by atoms with Gasteiger partial charge in [0.05, 0.1) is 11.9 Å². The number of thiophene rings is 2. The maximum absolute atomic E-state index is 5.25. The molecular weight excluding hydrogens is 408 g/mol. The summed E-state index contributed by atoms with van der Waals surface area (Å²) in [6.07, 6.45) is 0. The molecule has 0 amide bonds. The van der Waals surface area contributed by atoms with E-state index in [2.05, 4.69) is 61.5 Å². The average molecular weight is 418 g/mol. The summed E-state index contributed by atoms with van der Waals surface area (Å²) in [4.78, 5) is 1.47. The second-order valence-electron chi connectivity index (χ2n) is 4.06. The number of rotatable bonds is 3. The summed E-state index contributed by atoms with van der Waals surface area (Å²) in [6, 6.07) is 8.42. The lowest BCUT2D eigenvalue weighted by Gasteiger charge is -2.06. The number of alkyl halides is 1. The summed E-state index contributed by atoms with van der Waals surface area (Å²) in [5.74, 6) is 0.921. The molecule has 1 atom stereocenters. The van der Waals surface area contributed by atoms with Gasteiger partial charge >= 0.3 is 0 Å². The van der Waals surface area contributed by atoms with Gasteiger partial charge in [0, 0.05) is 19.4 Å². The van der Waals surface area contributed by atoms with E-state index >= 15 is 0 Å². The van der Waals surface area contributed by atoms with Gasteiger partial charge in [-0.2, -0.15) is 0 Å². The smallest absolute Gasteiger partial charge is 0.129 e. The van der Waals surface area contributed by atoms with Crippen molar-refractivity contribution in [2.24, 2.45) is 0 Å². The molecule has 5 heteroatoms. The number of benzene rings is 1. The van der Waals surface area contributed by atoms with E-state index in [-0.39, 0.29) is 4.83 Å². The van der Waals surface area contributed by atoms with Crippen LogP contribution in [0.25, 0.3) is 10.1 Å². The molecule has 0 saturated carbocycles. The SMILES string of the molecule is COc1csc(C(Br)c2csc3c(Br)cccc23)c1. The van der Waals surface area contributed by atoms with Crippen LogP contribution in [0.4, 0.5) is 0 Å². The number of ether oxygens (including phenoxy) is 1. The van der Waals surface area contributed by atoms with Crippen molar-refractivity contribution < 1.29 is 4.74 Å². The van der Waals surface area contributed by atoms with E-state index in [0.717, 1.165) is 10.2 Å². The Morgan fingerprint density at radius 3 is 2.79 bits per heavy atom. The Hall–Kier alpha value is -0.360. The Morgan fingerprint density at radius 1 is 1.21 bits per heavy atom. The Morgan fingerprint density at radius 2 is 2.05 bits per heavy atom. The molecule has 0 saturated heterocycles. The maximum atomic E-state index is 5.25. The van der Waals surface area contributed by atoms with Crippen LogP contribution in [0.2, 0.25) is 0 Å². The van der Waals surface area contributed by atoms with Crippen LogP contribution in [0.3, 0.4) is 0 Å². The second kappa shape index (κ2) is 5.56. The molecule has 0 bridgehead atoms. The van der Waals surface area contributed by atoms with E-state index in [4.69, 9.17) is 4.74 Å². The van der Waals surface area contributed by atoms with Crippen LogP contribution in [0.5, 0.6) is 5.75 Å². The van der Waals surface area contributed by atoms with Crippen LogP contribution in [0.15, 0.2) is 39.5 Å². The zero-order valence-electron chi connectivity index (χ0n) is 10.0. The molecule has 0 N–H and O–H groups in total. The van der Waals surface area contributed by atoms with Crippen molar-refractivity contribution in [3.05, 3.63) is 49.9 Å². The summed E-state index contributed by atoms with van der Waals surface area (Å²) in [7, 11) is 1.70. The highest BCUT2D eigenvalue weighted by molar-refractivity contribution is 9.10. The quantitative estimate of drug-likeness (QED) is 0.459. The fourth-order valence-electron chi connectivity index (χ4n) is 1.97. The molecule has 2 aromatic heterocycles. The van der Waals surface area contributed by atoms with Crippen molar-refractivity contribution in [2.75, 3.05) is 7.11 Å². The van der Waals surface area contributed by atoms with Gasteiger partial charge in [0.25, 0.3) is 0 Å². The highest BCUT2D eigenvalue weighted by Gasteiger charge is 2.18. The van der Waals surface area contributed by atoms with Crippen molar-refractivity contribution in [1.82, 2.24) is 0 Å². The number of halogens is 2. The van der Waals surface area contributed by atoms with Gasteiger partial charge in [-0.25, -0.2) is 0 Å². The van der Waals surface area contributed by atoms with E-state index in [1.807, 2.05) is 5.38 Å². The summed E-state index contributed by atoms with van der Waals surface area (Å²) in [6.45, 7) is 0. The standard InChI is InChI=1S/C14H10Br2OS2/c1-17-8-5-12(18-6-8)13(16)10-7-19-14-9(10)3-2-4-11(14)15/h2-7,13H,1H3. The van der Waals surface area contributed by atoms with E-state index in [9.17, 15) is 0 Å². The van der Waals surface area contributed by atoms with Gasteiger partial charge < -0.3 is 4.74 Å². The molecule has 0 radical (unpaired) electrons. The van der Waals surface area contributed by atoms with E-state index < -0.39 is 0 Å². The van der Waals surface area contributed by atoms with E-state index in [0.29, 0.717) is 0 Å². The number of hydrogen-bond acceptors (Lipinski definition) is 3. The molecule has 1 aromatic carbocycles. The topological polar surface area (TPSA) is 9.23 Å². The molecule has 0 aliphatic heterocycles. The Kier molecular flexibility index (Phi) is 3.98. The van der Waals surface area contributed by atoms with Crippen LogP contribution in [0.1, 0.15) is 15.3 Å². The molecule has 1 nitrogen and oxygen atoms in total. The fourth-order valence-corrected chi connectivity index (χ4v) is 5.47. The Labute approximate surface area is 136 Å². The normalized spacial score (nSPS) is 12.8. The van der Waals surface area contributed by atoms with Crippen molar-refractivity contribution >= 4 is 64.6 Å². The highest BCUT2D eigenvalue weighted by Crippen LogP contribution is 2.43. The molecule has 98 valence electrons. The molecule has 0 aliphatic carbocycles.